The summed E-state index contributed by atoms with van der Waals surface area (Å²) in [7, 11) is 0. The third kappa shape index (κ3) is 3.15. The van der Waals surface area contributed by atoms with Crippen LogP contribution in [0.5, 0.6) is 5.75 Å². The molecule has 2 unspecified atom stereocenters. The Balaban J connectivity index is 2.23. The van der Waals surface area contributed by atoms with E-state index in [1.165, 1.54) is 6.20 Å². The molecular weight excluding hydrogens is 272 g/mol. The summed E-state index contributed by atoms with van der Waals surface area (Å²) in [5.41, 5.74) is 0.240. The van der Waals surface area contributed by atoms with Gasteiger partial charge in [0.25, 0.3) is 5.91 Å². The zero-order valence-electron chi connectivity index (χ0n) is 12.4. The Hall–Kier alpha value is -2.11. The van der Waals surface area contributed by atoms with Crippen molar-refractivity contribution >= 4 is 11.9 Å². The van der Waals surface area contributed by atoms with Crippen LogP contribution in [0.15, 0.2) is 18.3 Å². The number of rotatable bonds is 4. The van der Waals surface area contributed by atoms with E-state index in [1.807, 2.05) is 13.8 Å². The highest BCUT2D eigenvalue weighted by atomic mass is 16.5. The van der Waals surface area contributed by atoms with Crippen molar-refractivity contribution in [2.45, 2.75) is 39.3 Å². The van der Waals surface area contributed by atoms with Gasteiger partial charge in [-0.1, -0.05) is 0 Å². The second-order valence-corrected chi connectivity index (χ2v) is 5.49. The van der Waals surface area contributed by atoms with E-state index in [2.05, 4.69) is 4.98 Å². The van der Waals surface area contributed by atoms with Crippen molar-refractivity contribution in [3.05, 3.63) is 24.0 Å². The zero-order chi connectivity index (χ0) is 15.6. The van der Waals surface area contributed by atoms with Crippen molar-refractivity contribution < 1.29 is 19.4 Å². The number of aliphatic carboxylic acids is 1. The molecular formula is C15H20N2O4. The number of aromatic nitrogens is 1. The normalized spacial score (nSPS) is 21.6. The molecule has 2 heterocycles. The molecule has 1 aliphatic heterocycles. The van der Waals surface area contributed by atoms with Crippen LogP contribution < -0.4 is 4.74 Å². The first kappa shape index (κ1) is 15.3. The fraction of sp³-hybridized carbons (Fsp3) is 0.533. The molecule has 0 radical (unpaired) electrons. The van der Waals surface area contributed by atoms with Crippen molar-refractivity contribution in [3.8, 4) is 5.75 Å². The number of carboxylic acid groups (broad SMARTS) is 1. The van der Waals surface area contributed by atoms with Crippen molar-refractivity contribution in [2.24, 2.45) is 5.92 Å². The molecule has 6 nitrogen and oxygen atoms in total. The lowest BCUT2D eigenvalue weighted by Gasteiger charge is -2.24. The highest BCUT2D eigenvalue weighted by molar-refractivity contribution is 5.95. The van der Waals surface area contributed by atoms with Crippen LogP contribution in [-0.2, 0) is 4.79 Å². The summed E-state index contributed by atoms with van der Waals surface area (Å²) >= 11 is 0. The van der Waals surface area contributed by atoms with Gasteiger partial charge in [0.15, 0.2) is 11.4 Å². The number of hydrogen-bond acceptors (Lipinski definition) is 4. The largest absolute Gasteiger partial charge is 0.489 e. The SMILES string of the molecule is CC(C)Oc1cccnc1C(=O)N1CCC(C(=O)O)C1C. The Morgan fingerprint density at radius 3 is 2.76 bits per heavy atom. The number of carbonyl (C=O) groups is 2. The molecule has 21 heavy (non-hydrogen) atoms. The van der Waals surface area contributed by atoms with Gasteiger partial charge in [0, 0.05) is 18.8 Å². The van der Waals surface area contributed by atoms with Gasteiger partial charge in [0.2, 0.25) is 0 Å². The molecule has 0 aliphatic carbocycles. The van der Waals surface area contributed by atoms with Gasteiger partial charge in [-0.3, -0.25) is 9.59 Å². The standard InChI is InChI=1S/C15H20N2O4/c1-9(2)21-12-5-4-7-16-13(12)14(18)17-8-6-11(10(17)3)15(19)20/h4-5,7,9-11H,6,8H2,1-3H3,(H,19,20). The lowest BCUT2D eigenvalue weighted by molar-refractivity contribution is -0.142. The molecule has 1 aromatic heterocycles. The Bertz CT molecular complexity index is 544. The average molecular weight is 292 g/mol. The molecule has 0 bridgehead atoms. The first-order valence-corrected chi connectivity index (χ1v) is 7.07. The third-order valence-electron chi connectivity index (χ3n) is 3.67. The molecule has 1 fully saturated rings. The molecule has 1 amide bonds. The van der Waals surface area contributed by atoms with E-state index in [4.69, 9.17) is 9.84 Å². The summed E-state index contributed by atoms with van der Waals surface area (Å²) in [6, 6.07) is 3.07. The topological polar surface area (TPSA) is 79.7 Å². The van der Waals surface area contributed by atoms with Crippen LogP contribution >= 0.6 is 0 Å². The van der Waals surface area contributed by atoms with Crippen molar-refractivity contribution in [2.75, 3.05) is 6.54 Å². The van der Waals surface area contributed by atoms with E-state index >= 15 is 0 Å². The van der Waals surface area contributed by atoms with Gasteiger partial charge in [-0.05, 0) is 39.3 Å². The molecule has 0 saturated carbocycles. The number of hydrogen-bond donors (Lipinski definition) is 1. The smallest absolute Gasteiger partial charge is 0.308 e. The number of nitrogens with zero attached hydrogens (tertiary/aromatic N) is 2. The Morgan fingerprint density at radius 1 is 1.48 bits per heavy atom. The zero-order valence-corrected chi connectivity index (χ0v) is 12.4. The average Bonchev–Trinajstić information content (AvgIpc) is 2.80. The van der Waals surface area contributed by atoms with Gasteiger partial charge in [-0.25, -0.2) is 4.98 Å². The van der Waals surface area contributed by atoms with Crippen LogP contribution in [0.2, 0.25) is 0 Å². The molecule has 0 aromatic carbocycles. The summed E-state index contributed by atoms with van der Waals surface area (Å²) in [5, 5.41) is 9.15. The highest BCUT2D eigenvalue weighted by Gasteiger charge is 2.39. The summed E-state index contributed by atoms with van der Waals surface area (Å²) < 4.78 is 5.61. The van der Waals surface area contributed by atoms with E-state index in [1.54, 1.807) is 24.0 Å². The maximum absolute atomic E-state index is 12.6. The molecule has 1 aromatic rings. The Labute approximate surface area is 123 Å². The van der Waals surface area contributed by atoms with E-state index in [0.29, 0.717) is 18.7 Å². The van der Waals surface area contributed by atoms with Crippen LogP contribution in [0.1, 0.15) is 37.7 Å². The Kier molecular flexibility index (Phi) is 4.45. The molecule has 114 valence electrons. The molecule has 1 aliphatic rings. The van der Waals surface area contributed by atoms with Gasteiger partial charge >= 0.3 is 5.97 Å². The van der Waals surface area contributed by atoms with Gasteiger partial charge in [0.1, 0.15) is 0 Å². The minimum Gasteiger partial charge on any atom is -0.489 e. The number of likely N-dealkylation sites (tertiary alicyclic amines) is 1. The van der Waals surface area contributed by atoms with Gasteiger partial charge in [0.05, 0.1) is 12.0 Å². The quantitative estimate of drug-likeness (QED) is 0.915. The van der Waals surface area contributed by atoms with Crippen LogP contribution in [0.4, 0.5) is 0 Å². The van der Waals surface area contributed by atoms with Gasteiger partial charge in [-0.15, -0.1) is 0 Å². The summed E-state index contributed by atoms with van der Waals surface area (Å²) in [4.78, 5) is 29.4. The van der Waals surface area contributed by atoms with Crippen LogP contribution in [0.3, 0.4) is 0 Å². The fourth-order valence-corrected chi connectivity index (χ4v) is 2.59. The monoisotopic (exact) mass is 292 g/mol. The molecule has 0 spiro atoms. The predicted octanol–water partition coefficient (Wildman–Crippen LogP) is 1.80. The number of amides is 1. The minimum atomic E-state index is -0.863. The lowest BCUT2D eigenvalue weighted by atomic mass is 10.0. The van der Waals surface area contributed by atoms with E-state index in [-0.39, 0.29) is 23.7 Å². The van der Waals surface area contributed by atoms with Crippen LogP contribution in [0, 0.1) is 5.92 Å². The minimum absolute atomic E-state index is 0.0662. The molecule has 2 rings (SSSR count). The lowest BCUT2D eigenvalue weighted by Crippen LogP contribution is -2.38. The number of ether oxygens (including phenoxy) is 1. The first-order chi connectivity index (χ1) is 9.91. The van der Waals surface area contributed by atoms with Gasteiger partial charge in [-0.2, -0.15) is 0 Å². The van der Waals surface area contributed by atoms with Crippen molar-refractivity contribution in [3.63, 3.8) is 0 Å². The van der Waals surface area contributed by atoms with Crippen LogP contribution in [0.25, 0.3) is 0 Å². The first-order valence-electron chi connectivity index (χ1n) is 7.07. The van der Waals surface area contributed by atoms with E-state index in [0.717, 1.165) is 0 Å². The fourth-order valence-electron chi connectivity index (χ4n) is 2.59. The maximum Gasteiger partial charge on any atom is 0.308 e. The number of pyridine rings is 1. The molecule has 1 N–H and O–H groups in total. The third-order valence-corrected chi connectivity index (χ3v) is 3.67. The van der Waals surface area contributed by atoms with Crippen molar-refractivity contribution in [1.82, 2.24) is 9.88 Å². The maximum atomic E-state index is 12.6. The highest BCUT2D eigenvalue weighted by Crippen LogP contribution is 2.28. The van der Waals surface area contributed by atoms with Gasteiger partial charge < -0.3 is 14.7 Å². The van der Waals surface area contributed by atoms with Crippen LogP contribution in [-0.4, -0.2) is 45.6 Å². The number of carboxylic acids is 1. The van der Waals surface area contributed by atoms with Crippen molar-refractivity contribution in [1.29, 1.82) is 0 Å². The number of carbonyl (C=O) groups excluding carboxylic acids is 1. The molecule has 1 saturated heterocycles. The summed E-state index contributed by atoms with van der Waals surface area (Å²) in [6.07, 6.45) is 1.94. The Morgan fingerprint density at radius 2 is 2.19 bits per heavy atom. The summed E-state index contributed by atoms with van der Waals surface area (Å²) in [5.74, 6) is -1.23. The second-order valence-electron chi connectivity index (χ2n) is 5.49. The molecule has 6 heteroatoms. The predicted molar refractivity (Wildman–Crippen MR) is 76.2 cm³/mol. The van der Waals surface area contributed by atoms with E-state index in [9.17, 15) is 9.59 Å². The second kappa shape index (κ2) is 6.11. The molecule has 2 atom stereocenters. The summed E-state index contributed by atoms with van der Waals surface area (Å²) in [6.45, 7) is 5.94. The van der Waals surface area contributed by atoms with E-state index < -0.39 is 11.9 Å².